The van der Waals surface area contributed by atoms with Crippen LogP contribution in [0, 0.1) is 6.92 Å². The van der Waals surface area contributed by atoms with Crippen LogP contribution in [0.3, 0.4) is 0 Å². The number of nitrogens with zero attached hydrogens (tertiary/aromatic N) is 2. The van der Waals surface area contributed by atoms with Crippen LogP contribution in [0.25, 0.3) is 11.3 Å². The number of anilines is 1. The number of aryl methyl sites for hydroxylation is 1. The van der Waals surface area contributed by atoms with Crippen molar-refractivity contribution < 1.29 is 9.53 Å². The molecule has 0 aliphatic heterocycles. The maximum absolute atomic E-state index is 12.2. The van der Waals surface area contributed by atoms with Gasteiger partial charge in [0.2, 0.25) is 5.13 Å². The van der Waals surface area contributed by atoms with Gasteiger partial charge in [-0.1, -0.05) is 53.6 Å². The van der Waals surface area contributed by atoms with Crippen molar-refractivity contribution in [2.75, 3.05) is 5.43 Å². The smallest absolute Gasteiger partial charge is 0.345 e. The summed E-state index contributed by atoms with van der Waals surface area (Å²) in [7, 11) is 0. The Morgan fingerprint density at radius 1 is 1.06 bits per heavy atom. The van der Waals surface area contributed by atoms with E-state index in [4.69, 9.17) is 16.3 Å². The predicted molar refractivity (Wildman–Crippen MR) is 126 cm³/mol. The lowest BCUT2D eigenvalue weighted by molar-refractivity contribution is 0.0735. The lowest BCUT2D eigenvalue weighted by Crippen LogP contribution is -2.08. The molecule has 0 aliphatic carbocycles. The van der Waals surface area contributed by atoms with Crippen molar-refractivity contribution in [2.45, 2.75) is 6.92 Å². The van der Waals surface area contributed by atoms with Crippen LogP contribution in [-0.2, 0) is 0 Å². The first-order valence-electron chi connectivity index (χ1n) is 9.47. The number of esters is 1. The minimum absolute atomic E-state index is 0.326. The Morgan fingerprint density at radius 3 is 2.55 bits per heavy atom. The molecule has 0 spiro atoms. The maximum atomic E-state index is 12.2. The molecule has 0 radical (unpaired) electrons. The summed E-state index contributed by atoms with van der Waals surface area (Å²) in [5.74, 6) is -0.0699. The molecule has 154 valence electrons. The van der Waals surface area contributed by atoms with E-state index in [0.29, 0.717) is 21.5 Å². The first-order valence-corrected chi connectivity index (χ1v) is 10.7. The predicted octanol–water partition coefficient (Wildman–Crippen LogP) is 6.44. The molecule has 0 atom stereocenters. The molecule has 1 heterocycles. The number of ether oxygens (including phenoxy) is 1. The van der Waals surface area contributed by atoms with Gasteiger partial charge in [-0.05, 0) is 48.9 Å². The Bertz CT molecular complexity index is 1220. The number of carbonyl (C=O) groups excluding carboxylic acids is 1. The van der Waals surface area contributed by atoms with Gasteiger partial charge in [-0.15, -0.1) is 11.3 Å². The van der Waals surface area contributed by atoms with E-state index in [1.54, 1.807) is 54.7 Å². The minimum Gasteiger partial charge on any atom is -0.423 e. The van der Waals surface area contributed by atoms with Crippen LogP contribution in [-0.4, -0.2) is 17.2 Å². The third kappa shape index (κ3) is 5.36. The molecular formula is C24H18ClN3O2S. The zero-order valence-electron chi connectivity index (χ0n) is 16.6. The maximum Gasteiger partial charge on any atom is 0.345 e. The van der Waals surface area contributed by atoms with Crippen molar-refractivity contribution in [3.8, 4) is 17.0 Å². The lowest BCUT2D eigenvalue weighted by Gasteiger charge is -2.05. The normalized spacial score (nSPS) is 10.9. The molecule has 0 fully saturated rings. The average Bonchev–Trinajstić information content (AvgIpc) is 3.24. The van der Waals surface area contributed by atoms with Crippen molar-refractivity contribution in [3.63, 3.8) is 0 Å². The fraction of sp³-hybridized carbons (Fsp3) is 0.0417. The zero-order chi connectivity index (χ0) is 21.6. The van der Waals surface area contributed by atoms with Crippen molar-refractivity contribution >= 4 is 40.3 Å². The van der Waals surface area contributed by atoms with E-state index < -0.39 is 5.97 Å². The third-order valence-electron chi connectivity index (χ3n) is 4.41. The number of halogens is 1. The zero-order valence-corrected chi connectivity index (χ0v) is 18.2. The number of carbonyl (C=O) groups is 1. The molecular weight excluding hydrogens is 430 g/mol. The number of hydrogen-bond donors (Lipinski definition) is 1. The Balaban J connectivity index is 1.34. The molecule has 1 aromatic heterocycles. The van der Waals surface area contributed by atoms with Gasteiger partial charge in [-0.3, -0.25) is 5.43 Å². The number of benzene rings is 3. The molecule has 0 aliphatic rings. The van der Waals surface area contributed by atoms with Gasteiger partial charge in [0.15, 0.2) is 0 Å². The fourth-order valence-corrected chi connectivity index (χ4v) is 3.64. The molecule has 5 nitrogen and oxygen atoms in total. The summed E-state index contributed by atoms with van der Waals surface area (Å²) in [5, 5.41) is 7.28. The van der Waals surface area contributed by atoms with Crippen LogP contribution in [0.1, 0.15) is 21.5 Å². The molecule has 3 aromatic carbocycles. The van der Waals surface area contributed by atoms with E-state index in [2.05, 4.69) is 46.7 Å². The first kappa shape index (κ1) is 20.8. The molecule has 0 saturated heterocycles. The Morgan fingerprint density at radius 2 is 1.81 bits per heavy atom. The second-order valence-corrected chi connectivity index (χ2v) is 7.98. The van der Waals surface area contributed by atoms with Crippen molar-refractivity contribution in [1.82, 2.24) is 4.98 Å². The van der Waals surface area contributed by atoms with E-state index in [0.717, 1.165) is 16.8 Å². The number of aromatic nitrogens is 1. The highest BCUT2D eigenvalue weighted by Crippen LogP contribution is 2.25. The van der Waals surface area contributed by atoms with E-state index in [1.165, 1.54) is 16.9 Å². The monoisotopic (exact) mass is 447 g/mol. The summed E-state index contributed by atoms with van der Waals surface area (Å²) in [6, 6.07) is 22.0. The van der Waals surface area contributed by atoms with Crippen LogP contribution in [0.2, 0.25) is 5.02 Å². The highest BCUT2D eigenvalue weighted by molar-refractivity contribution is 7.14. The van der Waals surface area contributed by atoms with Crippen LogP contribution in [0.15, 0.2) is 83.3 Å². The molecule has 0 bridgehead atoms. The van der Waals surface area contributed by atoms with Crippen molar-refractivity contribution in [2.24, 2.45) is 5.10 Å². The summed E-state index contributed by atoms with van der Waals surface area (Å²) >= 11 is 7.52. The highest BCUT2D eigenvalue weighted by atomic mass is 35.5. The SMILES string of the molecule is Cc1ccc(-c2csc(NN=Cc3ccc(OC(=O)c4ccccc4Cl)cc3)n2)cc1. The van der Waals surface area contributed by atoms with E-state index >= 15 is 0 Å². The molecule has 0 unspecified atom stereocenters. The number of nitrogens with one attached hydrogen (secondary N) is 1. The molecule has 0 saturated carbocycles. The van der Waals surface area contributed by atoms with Gasteiger partial charge < -0.3 is 4.74 Å². The summed E-state index contributed by atoms with van der Waals surface area (Å²) in [4.78, 5) is 16.8. The van der Waals surface area contributed by atoms with Crippen molar-refractivity contribution in [1.29, 1.82) is 0 Å². The summed E-state index contributed by atoms with van der Waals surface area (Å²) < 4.78 is 5.37. The number of hydrazone groups is 1. The van der Waals surface area contributed by atoms with Crippen LogP contribution in [0.4, 0.5) is 5.13 Å². The van der Waals surface area contributed by atoms with Gasteiger partial charge in [0, 0.05) is 10.9 Å². The van der Waals surface area contributed by atoms with Gasteiger partial charge in [-0.25, -0.2) is 9.78 Å². The summed E-state index contributed by atoms with van der Waals surface area (Å²) in [6.07, 6.45) is 1.67. The van der Waals surface area contributed by atoms with Gasteiger partial charge in [-0.2, -0.15) is 5.10 Å². The average molecular weight is 448 g/mol. The largest absolute Gasteiger partial charge is 0.423 e. The quantitative estimate of drug-likeness (QED) is 0.160. The number of hydrogen-bond acceptors (Lipinski definition) is 6. The van der Waals surface area contributed by atoms with E-state index in [9.17, 15) is 4.79 Å². The minimum atomic E-state index is -0.498. The molecule has 1 N–H and O–H groups in total. The summed E-state index contributed by atoms with van der Waals surface area (Å²) in [6.45, 7) is 2.06. The molecule has 0 amide bonds. The second kappa shape index (κ2) is 9.55. The standard InChI is InChI=1S/C24H18ClN3O2S/c1-16-6-10-18(11-7-16)22-15-31-24(27-22)28-26-14-17-8-12-19(13-9-17)30-23(29)20-4-2-3-5-21(20)25/h2-15H,1H3,(H,27,28). The molecule has 4 aromatic rings. The molecule has 7 heteroatoms. The second-order valence-electron chi connectivity index (χ2n) is 6.71. The molecule has 31 heavy (non-hydrogen) atoms. The van der Waals surface area contributed by atoms with E-state index in [-0.39, 0.29) is 0 Å². The van der Waals surface area contributed by atoms with Gasteiger partial charge in [0.25, 0.3) is 0 Å². The van der Waals surface area contributed by atoms with Crippen LogP contribution < -0.4 is 10.2 Å². The highest BCUT2D eigenvalue weighted by Gasteiger charge is 2.12. The van der Waals surface area contributed by atoms with Crippen LogP contribution in [0.5, 0.6) is 5.75 Å². The van der Waals surface area contributed by atoms with E-state index in [1.807, 2.05) is 5.38 Å². The fourth-order valence-electron chi connectivity index (χ4n) is 2.75. The molecule has 4 rings (SSSR count). The summed E-state index contributed by atoms with van der Waals surface area (Å²) in [5.41, 5.74) is 7.31. The van der Waals surface area contributed by atoms with Crippen LogP contribution >= 0.6 is 22.9 Å². The third-order valence-corrected chi connectivity index (χ3v) is 5.49. The number of thiazole rings is 1. The van der Waals surface area contributed by atoms with Gasteiger partial charge in [0.1, 0.15) is 5.75 Å². The lowest BCUT2D eigenvalue weighted by atomic mass is 10.1. The topological polar surface area (TPSA) is 63.6 Å². The van der Waals surface area contributed by atoms with Gasteiger partial charge >= 0.3 is 5.97 Å². The number of rotatable bonds is 6. The Labute approximate surface area is 189 Å². The Hall–Kier alpha value is -3.48. The van der Waals surface area contributed by atoms with Crippen molar-refractivity contribution in [3.05, 3.63) is 99.9 Å². The van der Waals surface area contributed by atoms with Gasteiger partial charge in [0.05, 0.1) is 22.5 Å². The first-order chi connectivity index (χ1) is 15.1. The Kier molecular flexibility index (Phi) is 6.40.